The number of methoxy groups -OCH3 is 1. The average Bonchev–Trinajstić information content (AvgIpc) is 2.34. The van der Waals surface area contributed by atoms with Crippen molar-refractivity contribution in [2.45, 2.75) is 6.04 Å². The van der Waals surface area contributed by atoms with E-state index in [1.54, 1.807) is 7.11 Å². The van der Waals surface area contributed by atoms with Crippen molar-refractivity contribution in [1.82, 2.24) is 10.2 Å². The summed E-state index contributed by atoms with van der Waals surface area (Å²) in [7, 11) is 1.54. The first-order valence-corrected chi connectivity index (χ1v) is 5.46. The lowest BCUT2D eigenvalue weighted by molar-refractivity contribution is -0.153. The lowest BCUT2D eigenvalue weighted by Gasteiger charge is -2.33. The van der Waals surface area contributed by atoms with E-state index >= 15 is 0 Å². The van der Waals surface area contributed by atoms with Gasteiger partial charge in [-0.15, -0.1) is 0 Å². The molecule has 7 nitrogen and oxygen atoms in total. The Balaban J connectivity index is 2.39. The monoisotopic (exact) mass is 246 g/mol. The van der Waals surface area contributed by atoms with Crippen LogP contribution in [0.4, 0.5) is 0 Å². The first-order chi connectivity index (χ1) is 8.16. The van der Waals surface area contributed by atoms with Crippen molar-refractivity contribution in [2.75, 3.05) is 46.6 Å². The number of carboxylic acids is 1. The first kappa shape index (κ1) is 13.9. The standard InChI is InChI=1S/C10H18N2O5/c1-16-4-5-17-7-9(13)12-3-2-11-6-8(12)10(14)15/h8,11H,2-7H2,1H3,(H,14,15). The molecule has 1 aliphatic heterocycles. The van der Waals surface area contributed by atoms with Crippen molar-refractivity contribution in [1.29, 1.82) is 0 Å². The SMILES string of the molecule is COCCOCC(=O)N1CCNCC1C(=O)O. The Bertz CT molecular complexity index is 271. The Morgan fingerprint density at radius 3 is 2.88 bits per heavy atom. The highest BCUT2D eigenvalue weighted by Gasteiger charge is 2.31. The minimum absolute atomic E-state index is 0.104. The third-order valence-corrected chi connectivity index (χ3v) is 2.51. The zero-order valence-corrected chi connectivity index (χ0v) is 9.85. The molecule has 0 aliphatic carbocycles. The summed E-state index contributed by atoms with van der Waals surface area (Å²) in [5, 5.41) is 11.9. The van der Waals surface area contributed by atoms with Crippen LogP contribution in [0.15, 0.2) is 0 Å². The molecule has 1 rings (SSSR count). The topological polar surface area (TPSA) is 88.1 Å². The van der Waals surface area contributed by atoms with Crippen LogP contribution in [0.2, 0.25) is 0 Å². The summed E-state index contributed by atoms with van der Waals surface area (Å²) in [4.78, 5) is 24.0. The molecule has 1 amide bonds. The number of ether oxygens (including phenoxy) is 2. The number of rotatable bonds is 6. The number of carboxylic acid groups (broad SMARTS) is 1. The minimum Gasteiger partial charge on any atom is -0.480 e. The van der Waals surface area contributed by atoms with Gasteiger partial charge >= 0.3 is 5.97 Å². The zero-order valence-electron chi connectivity index (χ0n) is 9.85. The molecule has 1 atom stereocenters. The van der Waals surface area contributed by atoms with Crippen LogP contribution in [-0.4, -0.2) is 74.5 Å². The van der Waals surface area contributed by atoms with Crippen molar-refractivity contribution >= 4 is 11.9 Å². The van der Waals surface area contributed by atoms with Crippen LogP contribution in [0, 0.1) is 0 Å². The summed E-state index contributed by atoms with van der Waals surface area (Å²) in [6.45, 7) is 1.91. The van der Waals surface area contributed by atoms with Gasteiger partial charge in [0.1, 0.15) is 12.6 Å². The number of carbonyl (C=O) groups excluding carboxylic acids is 1. The van der Waals surface area contributed by atoms with Crippen LogP contribution >= 0.6 is 0 Å². The number of nitrogens with one attached hydrogen (secondary N) is 1. The van der Waals surface area contributed by atoms with Crippen LogP contribution in [0.5, 0.6) is 0 Å². The smallest absolute Gasteiger partial charge is 0.327 e. The van der Waals surface area contributed by atoms with Gasteiger partial charge in [-0.3, -0.25) is 4.79 Å². The summed E-state index contributed by atoms with van der Waals surface area (Å²) in [5.41, 5.74) is 0. The quantitative estimate of drug-likeness (QED) is 0.557. The summed E-state index contributed by atoms with van der Waals surface area (Å²) in [5.74, 6) is -1.29. The molecule has 1 fully saturated rings. The summed E-state index contributed by atoms with van der Waals surface area (Å²) >= 11 is 0. The Morgan fingerprint density at radius 2 is 2.24 bits per heavy atom. The molecular weight excluding hydrogens is 228 g/mol. The summed E-state index contributed by atoms with van der Waals surface area (Å²) in [6, 6.07) is -0.803. The number of piperazine rings is 1. The largest absolute Gasteiger partial charge is 0.480 e. The average molecular weight is 246 g/mol. The van der Waals surface area contributed by atoms with Gasteiger partial charge < -0.3 is 24.8 Å². The highest BCUT2D eigenvalue weighted by atomic mass is 16.5. The van der Waals surface area contributed by atoms with Crippen molar-refractivity contribution in [3.05, 3.63) is 0 Å². The third-order valence-electron chi connectivity index (χ3n) is 2.51. The van der Waals surface area contributed by atoms with Gasteiger partial charge in [-0.25, -0.2) is 4.79 Å². The van der Waals surface area contributed by atoms with Gasteiger partial charge in [-0.05, 0) is 0 Å². The maximum Gasteiger partial charge on any atom is 0.327 e. The molecule has 1 unspecified atom stereocenters. The fraction of sp³-hybridized carbons (Fsp3) is 0.800. The fourth-order valence-corrected chi connectivity index (χ4v) is 1.61. The first-order valence-electron chi connectivity index (χ1n) is 5.46. The number of aliphatic carboxylic acids is 1. The Morgan fingerprint density at radius 1 is 1.47 bits per heavy atom. The molecule has 0 radical (unpaired) electrons. The molecule has 98 valence electrons. The van der Waals surface area contributed by atoms with Crippen LogP contribution < -0.4 is 5.32 Å². The summed E-state index contributed by atoms with van der Waals surface area (Å²) < 4.78 is 9.86. The van der Waals surface area contributed by atoms with E-state index in [0.29, 0.717) is 26.3 Å². The van der Waals surface area contributed by atoms with Gasteiger partial charge in [-0.2, -0.15) is 0 Å². The highest BCUT2D eigenvalue weighted by molar-refractivity contribution is 5.84. The van der Waals surface area contributed by atoms with E-state index in [9.17, 15) is 9.59 Å². The predicted molar refractivity (Wildman–Crippen MR) is 58.7 cm³/mol. The molecule has 1 aliphatic rings. The van der Waals surface area contributed by atoms with E-state index in [1.807, 2.05) is 0 Å². The van der Waals surface area contributed by atoms with Crippen molar-refractivity contribution in [3.63, 3.8) is 0 Å². The molecule has 0 aromatic rings. The van der Waals surface area contributed by atoms with Crippen molar-refractivity contribution in [3.8, 4) is 0 Å². The van der Waals surface area contributed by atoms with Crippen LogP contribution in [0.1, 0.15) is 0 Å². The second-order valence-corrected chi connectivity index (χ2v) is 3.69. The van der Waals surface area contributed by atoms with Crippen molar-refractivity contribution < 1.29 is 24.2 Å². The maximum atomic E-state index is 11.7. The van der Waals surface area contributed by atoms with E-state index < -0.39 is 12.0 Å². The molecular formula is C10H18N2O5. The molecule has 0 bridgehead atoms. The number of amides is 1. The van der Waals surface area contributed by atoms with Gasteiger partial charge in [0.25, 0.3) is 0 Å². The maximum absolute atomic E-state index is 11.7. The van der Waals surface area contributed by atoms with E-state index in [2.05, 4.69) is 5.32 Å². The van der Waals surface area contributed by atoms with Gasteiger partial charge in [0.2, 0.25) is 5.91 Å². The number of carbonyl (C=O) groups is 2. The zero-order chi connectivity index (χ0) is 12.7. The van der Waals surface area contributed by atoms with E-state index in [1.165, 1.54) is 4.90 Å². The van der Waals surface area contributed by atoms with Gasteiger partial charge in [0.05, 0.1) is 13.2 Å². The fourth-order valence-electron chi connectivity index (χ4n) is 1.61. The van der Waals surface area contributed by atoms with Gasteiger partial charge in [0, 0.05) is 26.7 Å². The highest BCUT2D eigenvalue weighted by Crippen LogP contribution is 2.04. The number of hydrogen-bond acceptors (Lipinski definition) is 5. The number of nitrogens with zero attached hydrogens (tertiary/aromatic N) is 1. The van der Waals surface area contributed by atoms with Crippen molar-refractivity contribution in [2.24, 2.45) is 0 Å². The second-order valence-electron chi connectivity index (χ2n) is 3.69. The molecule has 0 spiro atoms. The molecule has 1 saturated heterocycles. The molecule has 1 heterocycles. The Hall–Kier alpha value is -1.18. The third kappa shape index (κ3) is 4.29. The van der Waals surface area contributed by atoms with E-state index in [4.69, 9.17) is 14.6 Å². The number of hydrogen-bond donors (Lipinski definition) is 2. The Labute approximate surface area is 99.7 Å². The lowest BCUT2D eigenvalue weighted by Crippen LogP contribution is -2.57. The van der Waals surface area contributed by atoms with E-state index in [0.717, 1.165) is 0 Å². The summed E-state index contributed by atoms with van der Waals surface area (Å²) in [6.07, 6.45) is 0. The van der Waals surface area contributed by atoms with Gasteiger partial charge in [-0.1, -0.05) is 0 Å². The Kier molecular flexibility index (Phi) is 5.88. The minimum atomic E-state index is -0.998. The van der Waals surface area contributed by atoms with Crippen LogP contribution in [0.3, 0.4) is 0 Å². The molecule has 2 N–H and O–H groups in total. The predicted octanol–water partition coefficient (Wildman–Crippen LogP) is -1.47. The van der Waals surface area contributed by atoms with Gasteiger partial charge in [0.15, 0.2) is 0 Å². The lowest BCUT2D eigenvalue weighted by atomic mass is 10.2. The molecule has 0 saturated carbocycles. The normalized spacial score (nSPS) is 20.3. The molecule has 7 heteroatoms. The van der Waals surface area contributed by atoms with Crippen LogP contribution in [0.25, 0.3) is 0 Å². The van der Waals surface area contributed by atoms with E-state index in [-0.39, 0.29) is 19.1 Å². The van der Waals surface area contributed by atoms with Crippen LogP contribution in [-0.2, 0) is 19.1 Å². The molecule has 0 aromatic heterocycles. The second kappa shape index (κ2) is 7.21. The molecule has 0 aromatic carbocycles. The molecule has 17 heavy (non-hydrogen) atoms.